The summed E-state index contributed by atoms with van der Waals surface area (Å²) in [4.78, 5) is 0.729. The quantitative estimate of drug-likeness (QED) is 0.673. The summed E-state index contributed by atoms with van der Waals surface area (Å²) >= 11 is 5.50. The van der Waals surface area contributed by atoms with Gasteiger partial charge < -0.3 is 10.4 Å². The first-order valence-corrected chi connectivity index (χ1v) is 7.66. The van der Waals surface area contributed by atoms with E-state index in [1.165, 1.54) is 5.39 Å². The zero-order valence-corrected chi connectivity index (χ0v) is 12.9. The molecule has 0 saturated carbocycles. The molecule has 0 fully saturated rings. The lowest BCUT2D eigenvalue weighted by Crippen LogP contribution is -2.28. The van der Waals surface area contributed by atoms with Crippen LogP contribution in [0, 0.1) is 0 Å². The minimum Gasteiger partial charge on any atom is -0.385 e. The van der Waals surface area contributed by atoms with E-state index < -0.39 is 5.60 Å². The zero-order valence-electron chi connectivity index (χ0n) is 12.1. The summed E-state index contributed by atoms with van der Waals surface area (Å²) in [7, 11) is 1.85. The van der Waals surface area contributed by atoms with Crippen LogP contribution in [-0.2, 0) is 6.42 Å². The summed E-state index contributed by atoms with van der Waals surface area (Å²) in [5, 5.41) is 16.0. The van der Waals surface area contributed by atoms with E-state index in [0.29, 0.717) is 6.42 Å². The molecule has 0 saturated heterocycles. The summed E-state index contributed by atoms with van der Waals surface area (Å²) in [6.45, 7) is 0. The van der Waals surface area contributed by atoms with Crippen molar-refractivity contribution in [2.24, 2.45) is 0 Å². The van der Waals surface area contributed by atoms with Gasteiger partial charge in [0.1, 0.15) is 4.99 Å². The second kappa shape index (κ2) is 5.58. The average Bonchev–Trinajstić information content (AvgIpc) is 2.92. The normalized spacial score (nSPS) is 20.9. The first-order chi connectivity index (χ1) is 10.1. The van der Waals surface area contributed by atoms with Gasteiger partial charge in [-0.25, -0.2) is 0 Å². The monoisotopic (exact) mass is 297 g/mol. The average molecular weight is 297 g/mol. The van der Waals surface area contributed by atoms with Gasteiger partial charge in [0.25, 0.3) is 0 Å². The van der Waals surface area contributed by atoms with Crippen molar-refractivity contribution in [2.45, 2.75) is 24.9 Å². The smallest absolute Gasteiger partial charge is 0.107 e. The number of fused-ring (bicyclic) bond motifs is 1. The van der Waals surface area contributed by atoms with Gasteiger partial charge in [-0.15, -0.1) is 0 Å². The fraction of sp³-hybridized carbons (Fsp3) is 0.278. The second-order valence-electron chi connectivity index (χ2n) is 5.62. The number of rotatable bonds is 3. The van der Waals surface area contributed by atoms with Crippen molar-refractivity contribution in [3.63, 3.8) is 0 Å². The SMILES string of the molecule is CNC(=S)c1c(CC2(O)C=CCC2)ccc2ccccc12. The van der Waals surface area contributed by atoms with Gasteiger partial charge in [0, 0.05) is 19.0 Å². The lowest BCUT2D eigenvalue weighted by atomic mass is 9.89. The highest BCUT2D eigenvalue weighted by molar-refractivity contribution is 7.80. The molecule has 0 heterocycles. The Bertz CT molecular complexity index is 722. The molecule has 1 atom stereocenters. The van der Waals surface area contributed by atoms with Crippen LogP contribution in [0.15, 0.2) is 48.6 Å². The molecule has 21 heavy (non-hydrogen) atoms. The molecule has 1 aliphatic carbocycles. The Morgan fingerprint density at radius 3 is 2.81 bits per heavy atom. The van der Waals surface area contributed by atoms with E-state index in [1.807, 2.05) is 25.3 Å². The molecule has 0 amide bonds. The van der Waals surface area contributed by atoms with Crippen molar-refractivity contribution in [1.29, 1.82) is 0 Å². The van der Waals surface area contributed by atoms with E-state index in [2.05, 4.69) is 35.7 Å². The highest BCUT2D eigenvalue weighted by Crippen LogP contribution is 2.31. The van der Waals surface area contributed by atoms with Crippen LogP contribution in [0.1, 0.15) is 24.0 Å². The van der Waals surface area contributed by atoms with Gasteiger partial charge >= 0.3 is 0 Å². The van der Waals surface area contributed by atoms with Crippen LogP contribution in [0.5, 0.6) is 0 Å². The molecule has 0 aromatic heterocycles. The molecule has 0 spiro atoms. The first kappa shape index (κ1) is 14.2. The Kier molecular flexibility index (Phi) is 3.79. The van der Waals surface area contributed by atoms with Crippen LogP contribution >= 0.6 is 12.2 Å². The van der Waals surface area contributed by atoms with Crippen LogP contribution in [-0.4, -0.2) is 22.7 Å². The topological polar surface area (TPSA) is 32.3 Å². The number of hydrogen-bond acceptors (Lipinski definition) is 2. The van der Waals surface area contributed by atoms with Crippen LogP contribution in [0.4, 0.5) is 0 Å². The van der Waals surface area contributed by atoms with Crippen LogP contribution < -0.4 is 5.32 Å². The highest BCUT2D eigenvalue weighted by Gasteiger charge is 2.28. The van der Waals surface area contributed by atoms with Crippen molar-refractivity contribution in [1.82, 2.24) is 5.32 Å². The van der Waals surface area contributed by atoms with E-state index in [4.69, 9.17) is 12.2 Å². The molecule has 1 unspecified atom stereocenters. The summed E-state index contributed by atoms with van der Waals surface area (Å²) in [5.41, 5.74) is 1.40. The van der Waals surface area contributed by atoms with Gasteiger partial charge in [0.15, 0.2) is 0 Å². The fourth-order valence-electron chi connectivity index (χ4n) is 3.05. The number of hydrogen-bond donors (Lipinski definition) is 2. The maximum Gasteiger partial charge on any atom is 0.107 e. The number of benzene rings is 2. The number of allylic oxidation sites excluding steroid dienone is 1. The minimum atomic E-state index is -0.736. The fourth-order valence-corrected chi connectivity index (χ4v) is 3.29. The zero-order chi connectivity index (χ0) is 14.9. The van der Waals surface area contributed by atoms with Crippen molar-refractivity contribution < 1.29 is 5.11 Å². The number of aliphatic hydroxyl groups is 1. The largest absolute Gasteiger partial charge is 0.385 e. The molecule has 0 radical (unpaired) electrons. The van der Waals surface area contributed by atoms with Crippen LogP contribution in [0.25, 0.3) is 10.8 Å². The van der Waals surface area contributed by atoms with Gasteiger partial charge in [-0.05, 0) is 29.2 Å². The van der Waals surface area contributed by atoms with Crippen LogP contribution in [0.2, 0.25) is 0 Å². The van der Waals surface area contributed by atoms with Gasteiger partial charge in [-0.2, -0.15) is 0 Å². The van der Waals surface area contributed by atoms with E-state index in [1.54, 1.807) is 0 Å². The molecule has 2 aromatic carbocycles. The molecule has 0 aliphatic heterocycles. The second-order valence-corrected chi connectivity index (χ2v) is 6.03. The van der Waals surface area contributed by atoms with Gasteiger partial charge in [-0.3, -0.25) is 0 Å². The minimum absolute atomic E-state index is 0.603. The lowest BCUT2D eigenvalue weighted by molar-refractivity contribution is 0.0914. The molecule has 108 valence electrons. The lowest BCUT2D eigenvalue weighted by Gasteiger charge is -2.23. The Morgan fingerprint density at radius 2 is 2.10 bits per heavy atom. The van der Waals surface area contributed by atoms with Gasteiger partial charge in [0.05, 0.1) is 5.60 Å². The third-order valence-electron chi connectivity index (χ3n) is 4.14. The Morgan fingerprint density at radius 1 is 1.29 bits per heavy atom. The van der Waals surface area contributed by atoms with E-state index in [9.17, 15) is 5.11 Å². The Hall–Kier alpha value is -1.71. The summed E-state index contributed by atoms with van der Waals surface area (Å²) in [5.74, 6) is 0. The molecular weight excluding hydrogens is 278 g/mol. The van der Waals surface area contributed by atoms with E-state index in [-0.39, 0.29) is 0 Å². The summed E-state index contributed by atoms with van der Waals surface area (Å²) < 4.78 is 0. The third-order valence-corrected chi connectivity index (χ3v) is 4.55. The predicted molar refractivity (Wildman–Crippen MR) is 91.7 cm³/mol. The molecule has 2 nitrogen and oxygen atoms in total. The maximum atomic E-state index is 10.6. The van der Waals surface area contributed by atoms with E-state index in [0.717, 1.165) is 34.3 Å². The van der Waals surface area contributed by atoms with Gasteiger partial charge in [-0.1, -0.05) is 60.8 Å². The highest BCUT2D eigenvalue weighted by atomic mass is 32.1. The molecule has 2 N–H and O–H groups in total. The van der Waals surface area contributed by atoms with Crippen LogP contribution in [0.3, 0.4) is 0 Å². The number of nitrogens with one attached hydrogen (secondary N) is 1. The molecule has 1 aliphatic rings. The van der Waals surface area contributed by atoms with Crippen molar-refractivity contribution in [2.75, 3.05) is 7.05 Å². The summed E-state index contributed by atoms with van der Waals surface area (Å²) in [6, 6.07) is 12.4. The number of thiocarbonyl (C=S) groups is 1. The molecular formula is C18H19NOS. The Labute approximate surface area is 130 Å². The van der Waals surface area contributed by atoms with Crippen molar-refractivity contribution >= 4 is 28.0 Å². The molecule has 3 heteroatoms. The standard InChI is InChI=1S/C18H19NOS/c1-19-17(21)16-14(12-18(20)10-4-5-11-18)9-8-13-6-2-3-7-15(13)16/h2-4,6-10,20H,5,11-12H2,1H3,(H,19,21). The molecule has 0 bridgehead atoms. The van der Waals surface area contributed by atoms with E-state index >= 15 is 0 Å². The molecule has 2 aromatic rings. The Balaban J connectivity index is 2.13. The predicted octanol–water partition coefficient (Wildman–Crippen LogP) is 3.36. The third kappa shape index (κ3) is 2.71. The summed E-state index contributed by atoms with van der Waals surface area (Å²) in [6.07, 6.45) is 6.30. The maximum absolute atomic E-state index is 10.6. The first-order valence-electron chi connectivity index (χ1n) is 7.26. The van der Waals surface area contributed by atoms with Crippen molar-refractivity contribution in [3.05, 3.63) is 59.7 Å². The van der Waals surface area contributed by atoms with Gasteiger partial charge in [0.2, 0.25) is 0 Å². The van der Waals surface area contributed by atoms with Crippen molar-refractivity contribution in [3.8, 4) is 0 Å². The molecule has 3 rings (SSSR count).